The maximum atomic E-state index is 13.5. The average molecular weight is 426 g/mol. The molecule has 0 bridgehead atoms. The van der Waals surface area contributed by atoms with Crippen LogP contribution in [0.2, 0.25) is 0 Å². The number of hydrogen-bond acceptors (Lipinski definition) is 5. The molecule has 2 aromatic rings. The average Bonchev–Trinajstić information content (AvgIpc) is 3.13. The van der Waals surface area contributed by atoms with Crippen molar-refractivity contribution in [2.24, 2.45) is 5.92 Å². The number of hydrogen-bond donors (Lipinski definition) is 1. The minimum absolute atomic E-state index is 0.0153. The van der Waals surface area contributed by atoms with Crippen molar-refractivity contribution in [3.63, 3.8) is 0 Å². The van der Waals surface area contributed by atoms with E-state index < -0.39 is 17.5 Å². The lowest BCUT2D eigenvalue weighted by atomic mass is 10.0. The van der Waals surface area contributed by atoms with Crippen LogP contribution in [0.4, 0.5) is 0 Å². The fourth-order valence-electron chi connectivity index (χ4n) is 3.39. The molecule has 1 aliphatic rings. The standard InChI is InChI=1S/C23H27N3O3S/c1-23(2,3)25-21(28)20(18-11-7-8-12-24-18)26(14-16-9-5-4-6-10-16)22(29)17-13-19(27)30-15-17/h4-12,17,20H,13-15H2,1-3H3,(H,25,28)/t17-,20-/m0/s1. The Kier molecular flexibility index (Phi) is 6.92. The lowest BCUT2D eigenvalue weighted by Gasteiger charge is -2.34. The van der Waals surface area contributed by atoms with Gasteiger partial charge in [0.15, 0.2) is 11.2 Å². The molecule has 3 rings (SSSR count). The third-order valence-corrected chi connectivity index (χ3v) is 5.77. The predicted molar refractivity (Wildman–Crippen MR) is 117 cm³/mol. The monoisotopic (exact) mass is 425 g/mol. The van der Waals surface area contributed by atoms with Gasteiger partial charge in [-0.1, -0.05) is 48.2 Å². The summed E-state index contributed by atoms with van der Waals surface area (Å²) in [6, 6.07) is 14.0. The Morgan fingerprint density at radius 1 is 1.17 bits per heavy atom. The van der Waals surface area contributed by atoms with Crippen LogP contribution in [0, 0.1) is 5.92 Å². The van der Waals surface area contributed by atoms with Crippen LogP contribution in [0.15, 0.2) is 54.7 Å². The van der Waals surface area contributed by atoms with E-state index in [9.17, 15) is 14.4 Å². The van der Waals surface area contributed by atoms with E-state index in [-0.39, 0.29) is 29.9 Å². The van der Waals surface area contributed by atoms with Gasteiger partial charge >= 0.3 is 0 Å². The smallest absolute Gasteiger partial charge is 0.249 e. The zero-order valence-electron chi connectivity index (χ0n) is 17.5. The van der Waals surface area contributed by atoms with Gasteiger partial charge in [-0.05, 0) is 38.5 Å². The van der Waals surface area contributed by atoms with Gasteiger partial charge in [0, 0.05) is 30.5 Å². The minimum atomic E-state index is -0.890. The van der Waals surface area contributed by atoms with Gasteiger partial charge in [0.2, 0.25) is 11.8 Å². The number of carbonyl (C=O) groups is 3. The summed E-state index contributed by atoms with van der Waals surface area (Å²) in [6.45, 7) is 5.95. The quantitative estimate of drug-likeness (QED) is 0.768. The molecule has 1 aliphatic heterocycles. The van der Waals surface area contributed by atoms with Crippen molar-refractivity contribution < 1.29 is 14.4 Å². The fraction of sp³-hybridized carbons (Fsp3) is 0.391. The van der Waals surface area contributed by atoms with E-state index in [1.807, 2.05) is 51.1 Å². The first-order chi connectivity index (χ1) is 14.2. The number of amides is 2. The molecule has 1 aromatic carbocycles. The second kappa shape index (κ2) is 9.43. The van der Waals surface area contributed by atoms with E-state index in [2.05, 4.69) is 10.3 Å². The van der Waals surface area contributed by atoms with Crippen molar-refractivity contribution in [2.75, 3.05) is 5.75 Å². The third-order valence-electron chi connectivity index (χ3n) is 4.71. The fourth-order valence-corrected chi connectivity index (χ4v) is 4.36. The summed E-state index contributed by atoms with van der Waals surface area (Å²) in [5.41, 5.74) is 0.943. The molecule has 6 nitrogen and oxygen atoms in total. The molecule has 1 fully saturated rings. The highest BCUT2D eigenvalue weighted by Crippen LogP contribution is 2.31. The summed E-state index contributed by atoms with van der Waals surface area (Å²) in [5, 5.41) is 3.01. The first-order valence-corrected chi connectivity index (χ1v) is 11.0. The first-order valence-electron chi connectivity index (χ1n) is 9.97. The Bertz CT molecular complexity index is 897. The molecule has 1 aromatic heterocycles. The molecule has 0 radical (unpaired) electrons. The number of carbonyl (C=O) groups excluding carboxylic acids is 3. The van der Waals surface area contributed by atoms with Crippen LogP contribution in [-0.2, 0) is 20.9 Å². The number of nitrogens with zero attached hydrogens (tertiary/aromatic N) is 2. The Morgan fingerprint density at radius 2 is 1.87 bits per heavy atom. The van der Waals surface area contributed by atoms with Crippen LogP contribution in [-0.4, -0.2) is 38.1 Å². The molecule has 1 N–H and O–H groups in total. The first kappa shape index (κ1) is 22.0. The number of pyridine rings is 1. The van der Waals surface area contributed by atoms with E-state index in [4.69, 9.17) is 0 Å². The normalized spacial score (nSPS) is 17.4. The Labute approximate surface area is 181 Å². The van der Waals surface area contributed by atoms with Crippen molar-refractivity contribution in [1.82, 2.24) is 15.2 Å². The minimum Gasteiger partial charge on any atom is -0.349 e. The van der Waals surface area contributed by atoms with Gasteiger partial charge in [-0.25, -0.2) is 0 Å². The molecule has 158 valence electrons. The lowest BCUT2D eigenvalue weighted by Crippen LogP contribution is -2.50. The third kappa shape index (κ3) is 5.69. The largest absolute Gasteiger partial charge is 0.349 e. The van der Waals surface area contributed by atoms with E-state index in [1.54, 1.807) is 29.3 Å². The molecular formula is C23H27N3O3S. The number of thioether (sulfide) groups is 1. The topological polar surface area (TPSA) is 79.4 Å². The predicted octanol–water partition coefficient (Wildman–Crippen LogP) is 3.35. The summed E-state index contributed by atoms with van der Waals surface area (Å²) >= 11 is 1.18. The van der Waals surface area contributed by atoms with Crippen LogP contribution >= 0.6 is 11.8 Å². The second-order valence-electron chi connectivity index (χ2n) is 8.43. The van der Waals surface area contributed by atoms with Crippen molar-refractivity contribution >= 4 is 28.7 Å². The Balaban J connectivity index is 2.01. The van der Waals surface area contributed by atoms with Crippen LogP contribution in [0.1, 0.15) is 44.5 Å². The number of benzene rings is 1. The summed E-state index contributed by atoms with van der Waals surface area (Å²) in [6.07, 6.45) is 1.82. The van der Waals surface area contributed by atoms with Crippen molar-refractivity contribution in [3.05, 3.63) is 66.0 Å². The molecule has 2 heterocycles. The molecule has 0 spiro atoms. The van der Waals surface area contributed by atoms with Crippen LogP contribution in [0.5, 0.6) is 0 Å². The van der Waals surface area contributed by atoms with E-state index >= 15 is 0 Å². The summed E-state index contributed by atoms with van der Waals surface area (Å²) in [4.78, 5) is 44.7. The SMILES string of the molecule is CC(C)(C)NC(=O)[C@H](c1ccccn1)N(Cc1ccccc1)C(=O)[C@@H]1CSC(=O)C1. The van der Waals surface area contributed by atoms with Crippen LogP contribution < -0.4 is 5.32 Å². The molecule has 1 saturated heterocycles. The highest BCUT2D eigenvalue weighted by molar-refractivity contribution is 8.14. The van der Waals surface area contributed by atoms with Crippen LogP contribution in [0.25, 0.3) is 0 Å². The molecule has 2 amide bonds. The molecule has 2 atom stereocenters. The Morgan fingerprint density at radius 3 is 2.43 bits per heavy atom. The molecule has 30 heavy (non-hydrogen) atoms. The highest BCUT2D eigenvalue weighted by Gasteiger charge is 2.39. The van der Waals surface area contributed by atoms with E-state index in [0.29, 0.717) is 11.4 Å². The molecular weight excluding hydrogens is 398 g/mol. The number of nitrogens with one attached hydrogen (secondary N) is 1. The molecule has 0 unspecified atom stereocenters. The number of rotatable bonds is 6. The summed E-state index contributed by atoms with van der Waals surface area (Å²) < 4.78 is 0. The van der Waals surface area contributed by atoms with Gasteiger partial charge in [0.25, 0.3) is 0 Å². The summed E-state index contributed by atoms with van der Waals surface area (Å²) in [5.74, 6) is -0.474. The summed E-state index contributed by atoms with van der Waals surface area (Å²) in [7, 11) is 0. The molecule has 0 saturated carbocycles. The van der Waals surface area contributed by atoms with Crippen molar-refractivity contribution in [3.8, 4) is 0 Å². The Hall–Kier alpha value is -2.67. The van der Waals surface area contributed by atoms with Crippen molar-refractivity contribution in [2.45, 2.75) is 45.3 Å². The second-order valence-corrected chi connectivity index (χ2v) is 9.51. The van der Waals surface area contributed by atoms with E-state index in [0.717, 1.165) is 5.56 Å². The van der Waals surface area contributed by atoms with Crippen molar-refractivity contribution in [1.29, 1.82) is 0 Å². The maximum Gasteiger partial charge on any atom is 0.249 e. The van der Waals surface area contributed by atoms with Gasteiger partial charge < -0.3 is 10.2 Å². The zero-order valence-corrected chi connectivity index (χ0v) is 18.3. The lowest BCUT2D eigenvalue weighted by molar-refractivity contribution is -0.145. The van der Waals surface area contributed by atoms with E-state index in [1.165, 1.54) is 11.8 Å². The molecule has 7 heteroatoms. The van der Waals surface area contributed by atoms with Gasteiger partial charge in [-0.3, -0.25) is 19.4 Å². The van der Waals surface area contributed by atoms with Crippen LogP contribution in [0.3, 0.4) is 0 Å². The number of aromatic nitrogens is 1. The maximum absolute atomic E-state index is 13.5. The molecule has 0 aliphatic carbocycles. The highest BCUT2D eigenvalue weighted by atomic mass is 32.2. The van der Waals surface area contributed by atoms with Gasteiger partial charge in [0.1, 0.15) is 0 Å². The van der Waals surface area contributed by atoms with Gasteiger partial charge in [-0.2, -0.15) is 0 Å². The zero-order chi connectivity index (χ0) is 21.7. The van der Waals surface area contributed by atoms with Gasteiger partial charge in [-0.15, -0.1) is 0 Å². The van der Waals surface area contributed by atoms with Gasteiger partial charge in [0.05, 0.1) is 11.6 Å².